The predicted octanol–water partition coefficient (Wildman–Crippen LogP) is 0.709. The van der Waals surface area contributed by atoms with Crippen LogP contribution in [0.15, 0.2) is 11.4 Å². The number of nitrogens with zero attached hydrogens (tertiary/aromatic N) is 3. The van der Waals surface area contributed by atoms with Crippen molar-refractivity contribution >= 4 is 40.0 Å². The van der Waals surface area contributed by atoms with Crippen LogP contribution in [0.4, 0.5) is 0 Å². The van der Waals surface area contributed by atoms with Crippen LogP contribution in [0.2, 0.25) is 0 Å². The molecule has 7 heteroatoms. The topological polar surface area (TPSA) is 80.5 Å². The first-order valence-corrected chi connectivity index (χ1v) is 5.40. The van der Waals surface area contributed by atoms with Crippen molar-refractivity contribution in [3.8, 4) is 0 Å². The van der Waals surface area contributed by atoms with E-state index in [0.29, 0.717) is 11.3 Å². The number of fused-ring (bicyclic) bond motifs is 1. The van der Waals surface area contributed by atoms with Gasteiger partial charge in [-0.25, -0.2) is 9.97 Å². The molecule has 0 spiro atoms. The molecule has 0 atom stereocenters. The molecule has 0 saturated carbocycles. The van der Waals surface area contributed by atoms with E-state index < -0.39 is 0 Å². The van der Waals surface area contributed by atoms with Gasteiger partial charge in [-0.1, -0.05) is 12.2 Å². The fourth-order valence-electron chi connectivity index (χ4n) is 1.16. The maximum absolute atomic E-state index is 5.54. The molecule has 72 valence electrons. The van der Waals surface area contributed by atoms with Gasteiger partial charge in [0.05, 0.1) is 5.39 Å². The van der Waals surface area contributed by atoms with E-state index in [1.54, 1.807) is 0 Å². The summed E-state index contributed by atoms with van der Waals surface area (Å²) in [6, 6.07) is 0. The Morgan fingerprint density at radius 2 is 2.36 bits per heavy atom. The van der Waals surface area contributed by atoms with Crippen LogP contribution in [0.25, 0.3) is 11.0 Å². The molecule has 0 aromatic carbocycles. The van der Waals surface area contributed by atoms with Gasteiger partial charge in [-0.05, 0) is 6.26 Å². The number of nitrogens with one attached hydrogen (secondary N) is 1. The van der Waals surface area contributed by atoms with E-state index in [4.69, 9.17) is 18.0 Å². The maximum Gasteiger partial charge on any atom is 0.185 e. The normalized spacial score (nSPS) is 10.6. The monoisotopic (exact) mass is 225 g/mol. The molecular formula is C7H7N5S2. The zero-order valence-corrected chi connectivity index (χ0v) is 8.95. The van der Waals surface area contributed by atoms with Gasteiger partial charge in [0.25, 0.3) is 0 Å². The van der Waals surface area contributed by atoms with Crippen molar-refractivity contribution in [3.63, 3.8) is 0 Å². The highest BCUT2D eigenvalue weighted by molar-refractivity contribution is 7.98. The van der Waals surface area contributed by atoms with Crippen LogP contribution >= 0.6 is 24.0 Å². The summed E-state index contributed by atoms with van der Waals surface area (Å²) in [7, 11) is 0. The molecule has 5 nitrogen and oxygen atoms in total. The van der Waals surface area contributed by atoms with Crippen LogP contribution in [-0.4, -0.2) is 31.4 Å². The third-order valence-electron chi connectivity index (χ3n) is 1.76. The Morgan fingerprint density at radius 1 is 1.57 bits per heavy atom. The molecule has 0 aliphatic heterocycles. The molecule has 0 unspecified atom stereocenters. The lowest BCUT2D eigenvalue weighted by atomic mass is 10.3. The van der Waals surface area contributed by atoms with Gasteiger partial charge in [-0.3, -0.25) is 5.10 Å². The van der Waals surface area contributed by atoms with Crippen molar-refractivity contribution in [1.82, 2.24) is 20.2 Å². The Hall–Kier alpha value is -1.21. The van der Waals surface area contributed by atoms with E-state index in [-0.39, 0.29) is 4.99 Å². The largest absolute Gasteiger partial charge is 0.388 e. The third kappa shape index (κ3) is 1.34. The fraction of sp³-hybridized carbons (Fsp3) is 0.143. The minimum Gasteiger partial charge on any atom is -0.388 e. The summed E-state index contributed by atoms with van der Waals surface area (Å²) in [4.78, 5) is 8.40. The zero-order chi connectivity index (χ0) is 10.1. The Bertz CT molecular complexity index is 492. The second kappa shape index (κ2) is 3.50. The molecule has 3 N–H and O–H groups in total. The molecule has 0 aliphatic rings. The lowest BCUT2D eigenvalue weighted by Crippen LogP contribution is -2.10. The third-order valence-corrected chi connectivity index (χ3v) is 2.66. The molecule has 0 amide bonds. The van der Waals surface area contributed by atoms with Crippen molar-refractivity contribution in [2.24, 2.45) is 5.73 Å². The molecule has 2 aromatic rings. The van der Waals surface area contributed by atoms with Crippen LogP contribution in [0, 0.1) is 0 Å². The quantitative estimate of drug-likeness (QED) is 0.445. The van der Waals surface area contributed by atoms with Crippen LogP contribution in [0.5, 0.6) is 0 Å². The summed E-state index contributed by atoms with van der Waals surface area (Å²) in [5.74, 6) is 0. The zero-order valence-electron chi connectivity index (χ0n) is 7.31. The van der Waals surface area contributed by atoms with Crippen molar-refractivity contribution in [2.45, 2.75) is 5.03 Å². The smallest absolute Gasteiger partial charge is 0.185 e. The standard InChI is InChI=1S/C7H7N5S2/c1-14-7-3-4(5(8)13)11-12-6(3)9-2-10-7/h2H,1H3,(H2,8,13)(H,9,10,11,12). The summed E-state index contributed by atoms with van der Waals surface area (Å²) >= 11 is 6.40. The number of thiocarbonyl (C=S) groups is 1. The summed E-state index contributed by atoms with van der Waals surface area (Å²) < 4.78 is 0. The van der Waals surface area contributed by atoms with E-state index in [1.165, 1.54) is 18.1 Å². The highest BCUT2D eigenvalue weighted by Gasteiger charge is 2.13. The number of nitrogens with two attached hydrogens (primary N) is 1. The number of hydrogen-bond acceptors (Lipinski definition) is 5. The van der Waals surface area contributed by atoms with Crippen molar-refractivity contribution in [3.05, 3.63) is 12.0 Å². The molecule has 0 aliphatic carbocycles. The van der Waals surface area contributed by atoms with Crippen molar-refractivity contribution < 1.29 is 0 Å². The first-order valence-electron chi connectivity index (χ1n) is 3.77. The highest BCUT2D eigenvalue weighted by atomic mass is 32.2. The number of aromatic nitrogens is 4. The summed E-state index contributed by atoms with van der Waals surface area (Å²) in [5, 5.41) is 8.37. The molecule has 0 radical (unpaired) electrons. The molecule has 2 rings (SSSR count). The van der Waals surface area contributed by atoms with Gasteiger partial charge in [0.1, 0.15) is 22.0 Å². The second-order valence-electron chi connectivity index (χ2n) is 2.54. The van der Waals surface area contributed by atoms with Gasteiger partial charge >= 0.3 is 0 Å². The fourth-order valence-corrected chi connectivity index (χ4v) is 1.86. The van der Waals surface area contributed by atoms with Gasteiger partial charge in [0.15, 0.2) is 5.65 Å². The first kappa shape index (κ1) is 9.35. The van der Waals surface area contributed by atoms with E-state index >= 15 is 0 Å². The van der Waals surface area contributed by atoms with Crippen molar-refractivity contribution in [2.75, 3.05) is 6.26 Å². The van der Waals surface area contributed by atoms with Crippen LogP contribution in [-0.2, 0) is 0 Å². The lowest BCUT2D eigenvalue weighted by molar-refractivity contribution is 1.06. The van der Waals surface area contributed by atoms with Gasteiger partial charge < -0.3 is 5.73 Å². The predicted molar refractivity (Wildman–Crippen MR) is 59.4 cm³/mol. The first-order chi connectivity index (χ1) is 6.74. The number of hydrogen-bond donors (Lipinski definition) is 2. The average molecular weight is 225 g/mol. The lowest BCUT2D eigenvalue weighted by Gasteiger charge is -1.98. The van der Waals surface area contributed by atoms with Crippen LogP contribution in [0.3, 0.4) is 0 Å². The van der Waals surface area contributed by atoms with Gasteiger partial charge in [0.2, 0.25) is 0 Å². The van der Waals surface area contributed by atoms with Gasteiger partial charge in [-0.2, -0.15) is 5.10 Å². The van der Waals surface area contributed by atoms with Crippen LogP contribution in [0.1, 0.15) is 5.69 Å². The molecule has 0 fully saturated rings. The van der Waals surface area contributed by atoms with Crippen LogP contribution < -0.4 is 5.73 Å². The molecular weight excluding hydrogens is 218 g/mol. The minimum absolute atomic E-state index is 0.276. The van der Waals surface area contributed by atoms with Crippen molar-refractivity contribution in [1.29, 1.82) is 0 Å². The van der Waals surface area contributed by atoms with E-state index in [9.17, 15) is 0 Å². The number of aromatic amines is 1. The van der Waals surface area contributed by atoms with Gasteiger partial charge in [0, 0.05) is 0 Å². The minimum atomic E-state index is 0.276. The van der Waals surface area contributed by atoms with E-state index in [0.717, 1.165) is 10.4 Å². The SMILES string of the molecule is CSc1ncnc2n[nH]c(C(N)=S)c12. The van der Waals surface area contributed by atoms with E-state index in [1.807, 2.05) is 6.26 Å². The molecule has 14 heavy (non-hydrogen) atoms. The molecule has 2 aromatic heterocycles. The molecule has 2 heterocycles. The number of rotatable bonds is 2. The Labute approximate surface area is 89.5 Å². The molecule has 0 saturated heterocycles. The average Bonchev–Trinajstić information content (AvgIpc) is 2.60. The van der Waals surface area contributed by atoms with Gasteiger partial charge in [-0.15, -0.1) is 11.8 Å². The summed E-state index contributed by atoms with van der Waals surface area (Å²) in [6.45, 7) is 0. The number of H-pyrrole nitrogens is 1. The molecule has 0 bridgehead atoms. The van der Waals surface area contributed by atoms with E-state index in [2.05, 4.69) is 20.2 Å². The maximum atomic E-state index is 5.54. The Balaban J connectivity index is 2.81. The Morgan fingerprint density at radius 3 is 3.00 bits per heavy atom. The number of thioether (sulfide) groups is 1. The summed E-state index contributed by atoms with van der Waals surface area (Å²) in [6.07, 6.45) is 3.40. The Kier molecular flexibility index (Phi) is 2.34. The summed E-state index contributed by atoms with van der Waals surface area (Å²) in [5.41, 5.74) is 6.76. The highest BCUT2D eigenvalue weighted by Crippen LogP contribution is 2.23. The second-order valence-corrected chi connectivity index (χ2v) is 3.78.